The SMILES string of the molecule is CN(CC(=O)[O-])S(=O)(=O)c1ccc(F)cc1. The lowest BCUT2D eigenvalue weighted by molar-refractivity contribution is -0.305. The molecule has 0 aliphatic rings. The molecule has 0 spiro atoms. The van der Waals surface area contributed by atoms with Crippen molar-refractivity contribution in [3.05, 3.63) is 30.1 Å². The van der Waals surface area contributed by atoms with Gasteiger partial charge >= 0.3 is 0 Å². The van der Waals surface area contributed by atoms with Crippen LogP contribution >= 0.6 is 0 Å². The first kappa shape index (κ1) is 12.6. The largest absolute Gasteiger partial charge is 0.549 e. The minimum Gasteiger partial charge on any atom is -0.549 e. The molecule has 1 aromatic rings. The lowest BCUT2D eigenvalue weighted by Crippen LogP contribution is -2.39. The van der Waals surface area contributed by atoms with E-state index >= 15 is 0 Å². The number of nitrogens with zero attached hydrogens (tertiary/aromatic N) is 1. The quantitative estimate of drug-likeness (QED) is 0.696. The van der Waals surface area contributed by atoms with Crippen molar-refractivity contribution >= 4 is 16.0 Å². The molecule has 1 rings (SSSR count). The lowest BCUT2D eigenvalue weighted by Gasteiger charge is -2.17. The Labute approximate surface area is 92.2 Å². The van der Waals surface area contributed by atoms with Crippen LogP contribution in [-0.2, 0) is 14.8 Å². The summed E-state index contributed by atoms with van der Waals surface area (Å²) in [5.41, 5.74) is 0. The molecule has 1 aromatic carbocycles. The monoisotopic (exact) mass is 246 g/mol. The third-order valence-corrected chi connectivity index (χ3v) is 3.69. The Hall–Kier alpha value is -1.47. The molecule has 5 nitrogen and oxygen atoms in total. The van der Waals surface area contributed by atoms with Crippen LogP contribution in [0.25, 0.3) is 0 Å². The summed E-state index contributed by atoms with van der Waals surface area (Å²) < 4.78 is 36.6. The van der Waals surface area contributed by atoms with Crippen molar-refractivity contribution in [2.75, 3.05) is 13.6 Å². The van der Waals surface area contributed by atoms with Crippen molar-refractivity contribution in [1.29, 1.82) is 0 Å². The van der Waals surface area contributed by atoms with Gasteiger partial charge in [-0.15, -0.1) is 0 Å². The van der Waals surface area contributed by atoms with Gasteiger partial charge in [0, 0.05) is 7.05 Å². The Kier molecular flexibility index (Phi) is 3.61. The summed E-state index contributed by atoms with van der Waals surface area (Å²) in [6.45, 7) is -0.750. The van der Waals surface area contributed by atoms with Crippen LogP contribution in [0.15, 0.2) is 29.2 Å². The predicted molar refractivity (Wildman–Crippen MR) is 51.2 cm³/mol. The fourth-order valence-electron chi connectivity index (χ4n) is 1.05. The van der Waals surface area contributed by atoms with E-state index in [2.05, 4.69) is 0 Å². The topological polar surface area (TPSA) is 77.5 Å². The number of likely N-dealkylation sites (N-methyl/N-ethyl adjacent to an activating group) is 1. The van der Waals surface area contributed by atoms with E-state index in [1.807, 2.05) is 0 Å². The summed E-state index contributed by atoms with van der Waals surface area (Å²) in [4.78, 5) is 10.1. The average Bonchev–Trinajstić information content (AvgIpc) is 2.17. The summed E-state index contributed by atoms with van der Waals surface area (Å²) in [6.07, 6.45) is 0. The summed E-state index contributed by atoms with van der Waals surface area (Å²) in [6, 6.07) is 4.10. The second-order valence-corrected chi connectivity index (χ2v) is 5.13. The van der Waals surface area contributed by atoms with Gasteiger partial charge in [0.25, 0.3) is 0 Å². The second kappa shape index (κ2) is 4.58. The van der Waals surface area contributed by atoms with E-state index in [0.717, 1.165) is 31.3 Å². The molecule has 0 saturated heterocycles. The lowest BCUT2D eigenvalue weighted by atomic mass is 10.4. The molecule has 0 N–H and O–H groups in total. The maximum Gasteiger partial charge on any atom is 0.243 e. The molecular weight excluding hydrogens is 237 g/mol. The van der Waals surface area contributed by atoms with Gasteiger partial charge in [-0.05, 0) is 24.3 Å². The van der Waals surface area contributed by atoms with E-state index in [1.165, 1.54) is 0 Å². The van der Waals surface area contributed by atoms with Gasteiger partial charge < -0.3 is 9.90 Å². The highest BCUT2D eigenvalue weighted by Crippen LogP contribution is 2.14. The zero-order valence-corrected chi connectivity index (χ0v) is 9.20. The molecule has 0 heterocycles. The van der Waals surface area contributed by atoms with Crippen LogP contribution in [0.3, 0.4) is 0 Å². The smallest absolute Gasteiger partial charge is 0.243 e. The van der Waals surface area contributed by atoms with Gasteiger partial charge in [0.15, 0.2) is 0 Å². The number of hydrogen-bond acceptors (Lipinski definition) is 4. The van der Waals surface area contributed by atoms with Crippen molar-refractivity contribution in [2.24, 2.45) is 0 Å². The van der Waals surface area contributed by atoms with Gasteiger partial charge in [-0.25, -0.2) is 12.8 Å². The third-order valence-electron chi connectivity index (χ3n) is 1.87. The average molecular weight is 246 g/mol. The number of halogens is 1. The normalized spacial score (nSPS) is 11.7. The number of benzene rings is 1. The minimum atomic E-state index is -3.90. The van der Waals surface area contributed by atoms with Crippen molar-refractivity contribution in [2.45, 2.75) is 4.90 Å². The number of aliphatic carboxylic acids is 1. The van der Waals surface area contributed by atoms with E-state index in [-0.39, 0.29) is 4.90 Å². The molecule has 0 radical (unpaired) electrons. The van der Waals surface area contributed by atoms with Crippen molar-refractivity contribution in [1.82, 2.24) is 4.31 Å². The van der Waals surface area contributed by atoms with Crippen LogP contribution in [0.4, 0.5) is 4.39 Å². The van der Waals surface area contributed by atoms with Gasteiger partial charge in [0.2, 0.25) is 10.0 Å². The highest BCUT2D eigenvalue weighted by molar-refractivity contribution is 7.89. The molecule has 16 heavy (non-hydrogen) atoms. The molecule has 0 amide bonds. The van der Waals surface area contributed by atoms with Crippen LogP contribution in [0.1, 0.15) is 0 Å². The molecule has 0 saturated carbocycles. The maximum absolute atomic E-state index is 12.6. The van der Waals surface area contributed by atoms with Gasteiger partial charge in [0.1, 0.15) is 5.82 Å². The predicted octanol–water partition coefficient (Wildman–Crippen LogP) is -0.804. The van der Waals surface area contributed by atoms with E-state index in [0.29, 0.717) is 4.31 Å². The molecule has 88 valence electrons. The Morgan fingerprint density at radius 3 is 2.31 bits per heavy atom. The Morgan fingerprint density at radius 2 is 1.88 bits per heavy atom. The molecule has 0 aromatic heterocycles. The molecular formula is C9H9FNO4S-. The standard InChI is InChI=1S/C9H10FNO4S/c1-11(6-9(12)13)16(14,15)8-4-2-7(10)3-5-8/h2-5H,6H2,1H3,(H,12,13)/p-1. The molecule has 0 atom stereocenters. The molecule has 0 aliphatic carbocycles. The first-order chi connectivity index (χ1) is 7.34. The fraction of sp³-hybridized carbons (Fsp3) is 0.222. The van der Waals surface area contributed by atoms with E-state index < -0.39 is 28.4 Å². The van der Waals surface area contributed by atoms with Crippen LogP contribution in [-0.4, -0.2) is 32.3 Å². The molecule has 0 unspecified atom stereocenters. The van der Waals surface area contributed by atoms with Crippen LogP contribution in [0, 0.1) is 5.82 Å². The van der Waals surface area contributed by atoms with Crippen LogP contribution in [0.2, 0.25) is 0 Å². The van der Waals surface area contributed by atoms with Gasteiger partial charge in [-0.3, -0.25) is 0 Å². The Bertz CT molecular complexity index is 483. The third kappa shape index (κ3) is 2.77. The Morgan fingerprint density at radius 1 is 1.38 bits per heavy atom. The second-order valence-electron chi connectivity index (χ2n) is 3.09. The Balaban J connectivity index is 3.02. The summed E-state index contributed by atoms with van der Waals surface area (Å²) >= 11 is 0. The number of rotatable bonds is 4. The first-order valence-corrected chi connectivity index (χ1v) is 5.70. The highest BCUT2D eigenvalue weighted by atomic mass is 32.2. The number of carbonyl (C=O) groups excluding carboxylic acids is 1. The molecule has 0 aliphatic heterocycles. The number of carboxylic acids is 1. The van der Waals surface area contributed by atoms with Crippen molar-refractivity contribution in [3.63, 3.8) is 0 Å². The molecule has 0 fully saturated rings. The van der Waals surface area contributed by atoms with E-state index in [9.17, 15) is 22.7 Å². The number of sulfonamides is 1. The van der Waals surface area contributed by atoms with Crippen molar-refractivity contribution in [3.8, 4) is 0 Å². The van der Waals surface area contributed by atoms with E-state index in [4.69, 9.17) is 0 Å². The summed E-state index contributed by atoms with van der Waals surface area (Å²) in [5.74, 6) is -2.07. The minimum absolute atomic E-state index is 0.169. The first-order valence-electron chi connectivity index (χ1n) is 4.26. The number of hydrogen-bond donors (Lipinski definition) is 0. The van der Waals surface area contributed by atoms with Gasteiger partial charge in [0.05, 0.1) is 17.4 Å². The number of carbonyl (C=O) groups is 1. The van der Waals surface area contributed by atoms with Crippen molar-refractivity contribution < 1.29 is 22.7 Å². The van der Waals surface area contributed by atoms with Crippen LogP contribution < -0.4 is 5.11 Å². The summed E-state index contributed by atoms with van der Waals surface area (Å²) in [5, 5.41) is 10.3. The fourth-order valence-corrected chi connectivity index (χ4v) is 2.17. The zero-order valence-electron chi connectivity index (χ0n) is 8.38. The van der Waals surface area contributed by atoms with Gasteiger partial charge in [-0.1, -0.05) is 0 Å². The summed E-state index contributed by atoms with van der Waals surface area (Å²) in [7, 11) is -2.80. The number of carboxylic acid groups (broad SMARTS) is 1. The zero-order chi connectivity index (χ0) is 12.3. The molecule has 7 heteroatoms. The highest BCUT2D eigenvalue weighted by Gasteiger charge is 2.20. The van der Waals surface area contributed by atoms with E-state index in [1.54, 1.807) is 0 Å². The van der Waals surface area contributed by atoms with Gasteiger partial charge in [-0.2, -0.15) is 4.31 Å². The maximum atomic E-state index is 12.6. The molecule has 0 bridgehead atoms. The van der Waals surface area contributed by atoms with Crippen LogP contribution in [0.5, 0.6) is 0 Å².